The number of rotatable bonds is 5. The smallest absolute Gasteiger partial charge is 0.408 e. The summed E-state index contributed by atoms with van der Waals surface area (Å²) in [7, 11) is 0. The van der Waals surface area contributed by atoms with Crippen LogP contribution < -0.4 is 10.6 Å². The van der Waals surface area contributed by atoms with Crippen molar-refractivity contribution in [2.24, 2.45) is 0 Å². The number of hydrogen-bond donors (Lipinski definition) is 3. The number of ether oxygens (including phenoxy) is 1. The van der Waals surface area contributed by atoms with Crippen molar-refractivity contribution in [2.75, 3.05) is 11.9 Å². The lowest BCUT2D eigenvalue weighted by atomic mass is 9.96. The Morgan fingerprint density at radius 2 is 1.93 bits per heavy atom. The van der Waals surface area contributed by atoms with E-state index in [9.17, 15) is 14.7 Å². The molecule has 27 heavy (non-hydrogen) atoms. The van der Waals surface area contributed by atoms with Crippen LogP contribution in [0.2, 0.25) is 0 Å². The molecule has 0 aliphatic carbocycles. The Morgan fingerprint density at radius 3 is 2.56 bits per heavy atom. The van der Waals surface area contributed by atoms with Crippen molar-refractivity contribution < 1.29 is 19.4 Å². The summed E-state index contributed by atoms with van der Waals surface area (Å²) in [5, 5.41) is 17.4. The minimum Gasteiger partial charge on any atom is -0.444 e. The first-order chi connectivity index (χ1) is 12.4. The molecule has 0 spiro atoms. The SMILES string of the molecule is CC(C)(C)OC(=O)NCC(=O)Nc1nc(-c2cccc(C(C)(C)O)c2)cs1. The van der Waals surface area contributed by atoms with Crippen LogP contribution in [0.4, 0.5) is 9.93 Å². The molecule has 0 saturated heterocycles. The van der Waals surface area contributed by atoms with Crippen molar-refractivity contribution in [3.63, 3.8) is 0 Å². The van der Waals surface area contributed by atoms with Gasteiger partial charge in [0.15, 0.2) is 5.13 Å². The Bertz CT molecular complexity index is 819. The molecule has 0 bridgehead atoms. The van der Waals surface area contributed by atoms with Crippen LogP contribution in [-0.4, -0.2) is 34.2 Å². The number of carbonyl (C=O) groups is 2. The number of carbonyl (C=O) groups excluding carboxylic acids is 2. The Morgan fingerprint density at radius 1 is 1.22 bits per heavy atom. The summed E-state index contributed by atoms with van der Waals surface area (Å²) in [6.45, 7) is 8.47. The van der Waals surface area contributed by atoms with Gasteiger partial charge in [0.1, 0.15) is 12.1 Å². The van der Waals surface area contributed by atoms with E-state index in [4.69, 9.17) is 4.74 Å². The van der Waals surface area contributed by atoms with E-state index in [1.165, 1.54) is 11.3 Å². The standard InChI is InChI=1S/C19H25N3O4S/c1-18(2,3)26-17(24)20-10-15(23)22-16-21-14(11-27-16)12-7-6-8-13(9-12)19(4,5)25/h6-9,11,25H,10H2,1-5H3,(H,20,24)(H,21,22,23). The molecule has 1 heterocycles. The highest BCUT2D eigenvalue weighted by Gasteiger charge is 2.18. The molecule has 2 amide bonds. The highest BCUT2D eigenvalue weighted by atomic mass is 32.1. The minimum atomic E-state index is -0.948. The van der Waals surface area contributed by atoms with E-state index in [0.717, 1.165) is 11.1 Å². The topological polar surface area (TPSA) is 101 Å². The number of benzene rings is 1. The maximum Gasteiger partial charge on any atom is 0.408 e. The normalized spacial score (nSPS) is 11.8. The molecule has 8 heteroatoms. The molecule has 0 aliphatic heterocycles. The van der Waals surface area contributed by atoms with Crippen LogP contribution in [0.5, 0.6) is 0 Å². The number of alkyl carbamates (subject to hydrolysis) is 1. The lowest BCUT2D eigenvalue weighted by Crippen LogP contribution is -2.37. The summed E-state index contributed by atoms with van der Waals surface area (Å²) in [6, 6.07) is 7.45. The third kappa shape index (κ3) is 6.65. The van der Waals surface area contributed by atoms with Gasteiger partial charge in [-0.15, -0.1) is 11.3 Å². The predicted molar refractivity (Wildman–Crippen MR) is 106 cm³/mol. The largest absolute Gasteiger partial charge is 0.444 e. The third-order valence-corrected chi connectivity index (χ3v) is 4.17. The van der Waals surface area contributed by atoms with Gasteiger partial charge in [-0.3, -0.25) is 4.79 Å². The fraction of sp³-hybridized carbons (Fsp3) is 0.421. The molecule has 2 rings (SSSR count). The van der Waals surface area contributed by atoms with Crippen molar-refractivity contribution in [1.82, 2.24) is 10.3 Å². The van der Waals surface area contributed by atoms with Gasteiger partial charge in [0.2, 0.25) is 5.91 Å². The number of aliphatic hydroxyl groups is 1. The van der Waals surface area contributed by atoms with Crippen LogP contribution >= 0.6 is 11.3 Å². The monoisotopic (exact) mass is 391 g/mol. The minimum absolute atomic E-state index is 0.210. The summed E-state index contributed by atoms with van der Waals surface area (Å²) in [5.41, 5.74) is 0.749. The zero-order valence-electron chi connectivity index (χ0n) is 16.1. The van der Waals surface area contributed by atoms with Crippen LogP contribution in [-0.2, 0) is 15.1 Å². The lowest BCUT2D eigenvalue weighted by molar-refractivity contribution is -0.115. The predicted octanol–water partition coefficient (Wildman–Crippen LogP) is 3.50. The molecular formula is C19H25N3O4S. The molecule has 3 N–H and O–H groups in total. The molecule has 0 unspecified atom stereocenters. The summed E-state index contributed by atoms with van der Waals surface area (Å²) in [5.74, 6) is -0.396. The lowest BCUT2D eigenvalue weighted by Gasteiger charge is -2.19. The Labute approximate surface area is 162 Å². The zero-order chi connectivity index (χ0) is 20.2. The number of thiazole rings is 1. The van der Waals surface area contributed by atoms with Crippen LogP contribution in [0.1, 0.15) is 40.2 Å². The molecule has 1 aromatic heterocycles. The number of aromatic nitrogens is 1. The van der Waals surface area contributed by atoms with E-state index in [1.807, 2.05) is 29.6 Å². The summed E-state index contributed by atoms with van der Waals surface area (Å²) < 4.78 is 5.08. The van der Waals surface area contributed by atoms with Crippen LogP contribution in [0, 0.1) is 0 Å². The maximum atomic E-state index is 12.0. The Balaban J connectivity index is 1.96. The van der Waals surface area contributed by atoms with Crippen molar-refractivity contribution in [3.8, 4) is 11.3 Å². The highest BCUT2D eigenvalue weighted by Crippen LogP contribution is 2.28. The number of nitrogens with zero attached hydrogens (tertiary/aromatic N) is 1. The first-order valence-electron chi connectivity index (χ1n) is 8.49. The van der Waals surface area contributed by atoms with E-state index >= 15 is 0 Å². The highest BCUT2D eigenvalue weighted by molar-refractivity contribution is 7.14. The van der Waals surface area contributed by atoms with E-state index in [1.54, 1.807) is 34.6 Å². The fourth-order valence-electron chi connectivity index (χ4n) is 2.15. The molecule has 0 atom stereocenters. The molecule has 2 aromatic rings. The van der Waals surface area contributed by atoms with Gasteiger partial charge in [-0.2, -0.15) is 0 Å². The summed E-state index contributed by atoms with van der Waals surface area (Å²) in [6.07, 6.45) is -0.652. The number of nitrogens with one attached hydrogen (secondary N) is 2. The van der Waals surface area contributed by atoms with E-state index in [0.29, 0.717) is 10.8 Å². The van der Waals surface area contributed by atoms with Crippen LogP contribution in [0.3, 0.4) is 0 Å². The number of hydrogen-bond acceptors (Lipinski definition) is 6. The van der Waals surface area contributed by atoms with Crippen LogP contribution in [0.25, 0.3) is 11.3 Å². The average Bonchev–Trinajstić information content (AvgIpc) is 2.99. The van der Waals surface area contributed by atoms with Gasteiger partial charge in [0.05, 0.1) is 11.3 Å². The second-order valence-corrected chi connectivity index (χ2v) is 8.44. The quantitative estimate of drug-likeness (QED) is 0.724. The molecule has 146 valence electrons. The summed E-state index contributed by atoms with van der Waals surface area (Å²) >= 11 is 1.28. The molecule has 0 radical (unpaired) electrons. The van der Waals surface area contributed by atoms with Crippen molar-refractivity contribution in [1.29, 1.82) is 0 Å². The molecule has 0 aliphatic rings. The van der Waals surface area contributed by atoms with Gasteiger partial charge < -0.3 is 20.5 Å². The summed E-state index contributed by atoms with van der Waals surface area (Å²) in [4.78, 5) is 27.9. The number of amides is 2. The van der Waals surface area contributed by atoms with Gasteiger partial charge in [-0.1, -0.05) is 18.2 Å². The van der Waals surface area contributed by atoms with Gasteiger partial charge in [0, 0.05) is 10.9 Å². The van der Waals surface area contributed by atoms with E-state index in [-0.39, 0.29) is 6.54 Å². The Hall–Kier alpha value is -2.45. The zero-order valence-corrected chi connectivity index (χ0v) is 16.9. The first kappa shape index (κ1) is 20.9. The second-order valence-electron chi connectivity index (χ2n) is 7.58. The van der Waals surface area contributed by atoms with E-state index in [2.05, 4.69) is 15.6 Å². The Kier molecular flexibility index (Phi) is 6.22. The molecule has 0 saturated carbocycles. The van der Waals surface area contributed by atoms with Gasteiger partial charge in [-0.05, 0) is 46.2 Å². The maximum absolute atomic E-state index is 12.0. The van der Waals surface area contributed by atoms with Crippen molar-refractivity contribution >= 4 is 28.5 Å². The van der Waals surface area contributed by atoms with Gasteiger partial charge in [-0.25, -0.2) is 9.78 Å². The van der Waals surface area contributed by atoms with Gasteiger partial charge >= 0.3 is 6.09 Å². The average molecular weight is 391 g/mol. The fourth-order valence-corrected chi connectivity index (χ4v) is 2.89. The third-order valence-electron chi connectivity index (χ3n) is 3.41. The van der Waals surface area contributed by atoms with Crippen LogP contribution in [0.15, 0.2) is 29.6 Å². The number of anilines is 1. The second kappa shape index (κ2) is 8.06. The first-order valence-corrected chi connectivity index (χ1v) is 9.37. The molecule has 7 nitrogen and oxygen atoms in total. The molecular weight excluding hydrogens is 366 g/mol. The van der Waals surface area contributed by atoms with Gasteiger partial charge in [0.25, 0.3) is 0 Å². The van der Waals surface area contributed by atoms with Crippen molar-refractivity contribution in [2.45, 2.75) is 45.8 Å². The van der Waals surface area contributed by atoms with E-state index < -0.39 is 23.2 Å². The molecule has 1 aromatic carbocycles. The molecule has 0 fully saturated rings. The van der Waals surface area contributed by atoms with Crippen molar-refractivity contribution in [3.05, 3.63) is 35.2 Å².